The van der Waals surface area contributed by atoms with Gasteiger partial charge in [-0.1, -0.05) is 36.2 Å². The van der Waals surface area contributed by atoms with E-state index in [1.54, 1.807) is 0 Å². The van der Waals surface area contributed by atoms with Crippen LogP contribution >= 0.6 is 23.2 Å². The van der Waals surface area contributed by atoms with Gasteiger partial charge in [0.25, 0.3) is 0 Å². The summed E-state index contributed by atoms with van der Waals surface area (Å²) in [5, 5.41) is 1.46. The average molecular weight is 218 g/mol. The molecule has 0 amide bonds. The van der Waals surface area contributed by atoms with Gasteiger partial charge >= 0.3 is 0 Å². The molecule has 0 aliphatic carbocycles. The topological polar surface area (TPSA) is 26.0 Å². The molecule has 1 aromatic rings. The van der Waals surface area contributed by atoms with Crippen LogP contribution in [0.2, 0.25) is 10.0 Å². The summed E-state index contributed by atoms with van der Waals surface area (Å²) in [5.74, 6) is 0.414. The maximum Gasteiger partial charge on any atom is 0.0452 e. The Hall–Kier alpha value is -0.240. The van der Waals surface area contributed by atoms with Gasteiger partial charge in [-0.2, -0.15) is 0 Å². The summed E-state index contributed by atoms with van der Waals surface area (Å²) in [6.45, 7) is 2.74. The van der Waals surface area contributed by atoms with Crippen LogP contribution in [0.4, 0.5) is 0 Å². The summed E-state index contributed by atoms with van der Waals surface area (Å²) in [6, 6.07) is 5.55. The van der Waals surface area contributed by atoms with Crippen molar-refractivity contribution in [2.45, 2.75) is 13.3 Å². The van der Waals surface area contributed by atoms with E-state index in [4.69, 9.17) is 28.9 Å². The predicted molar refractivity (Wildman–Crippen MR) is 58.4 cm³/mol. The van der Waals surface area contributed by atoms with E-state index in [0.29, 0.717) is 12.5 Å². The lowest BCUT2D eigenvalue weighted by atomic mass is 10.0. The van der Waals surface area contributed by atoms with Crippen molar-refractivity contribution in [3.05, 3.63) is 33.8 Å². The minimum atomic E-state index is 0.414. The standard InChI is InChI=1S/C10H13Cl2N/c1-7(6-13)5-8-9(11)3-2-4-10(8)12/h2-4,7H,5-6,13H2,1H3/t7-/m0/s1. The Kier molecular flexibility index (Phi) is 4.04. The van der Waals surface area contributed by atoms with Gasteiger partial charge in [0.2, 0.25) is 0 Å². The van der Waals surface area contributed by atoms with Gasteiger partial charge in [0.05, 0.1) is 0 Å². The largest absolute Gasteiger partial charge is 0.330 e. The molecule has 0 saturated heterocycles. The van der Waals surface area contributed by atoms with Gasteiger partial charge in [-0.25, -0.2) is 0 Å². The maximum absolute atomic E-state index is 6.01. The molecule has 1 aromatic carbocycles. The van der Waals surface area contributed by atoms with Crippen LogP contribution in [0, 0.1) is 5.92 Å². The second-order valence-electron chi connectivity index (χ2n) is 3.25. The van der Waals surface area contributed by atoms with E-state index in [9.17, 15) is 0 Å². The zero-order chi connectivity index (χ0) is 9.84. The van der Waals surface area contributed by atoms with Gasteiger partial charge in [0, 0.05) is 10.0 Å². The van der Waals surface area contributed by atoms with Gasteiger partial charge in [0.15, 0.2) is 0 Å². The van der Waals surface area contributed by atoms with E-state index in [1.165, 1.54) is 0 Å². The Morgan fingerprint density at radius 1 is 1.31 bits per heavy atom. The number of hydrogen-bond donors (Lipinski definition) is 1. The molecule has 0 saturated carbocycles. The summed E-state index contributed by atoms with van der Waals surface area (Å²) in [5.41, 5.74) is 6.54. The number of benzene rings is 1. The van der Waals surface area contributed by atoms with E-state index in [2.05, 4.69) is 6.92 Å². The summed E-state index contributed by atoms with van der Waals surface area (Å²) < 4.78 is 0. The first-order valence-corrected chi connectivity index (χ1v) is 5.03. The van der Waals surface area contributed by atoms with E-state index < -0.39 is 0 Å². The molecule has 0 aliphatic rings. The molecule has 0 aromatic heterocycles. The molecule has 0 bridgehead atoms. The third-order valence-corrected chi connectivity index (χ3v) is 2.72. The Labute approximate surface area is 88.8 Å². The zero-order valence-electron chi connectivity index (χ0n) is 7.56. The number of halogens is 2. The summed E-state index contributed by atoms with van der Waals surface area (Å²) in [6.07, 6.45) is 0.842. The van der Waals surface area contributed by atoms with E-state index in [0.717, 1.165) is 22.0 Å². The quantitative estimate of drug-likeness (QED) is 0.828. The highest BCUT2D eigenvalue weighted by atomic mass is 35.5. The van der Waals surface area contributed by atoms with Crippen LogP contribution in [-0.4, -0.2) is 6.54 Å². The summed E-state index contributed by atoms with van der Waals surface area (Å²) in [4.78, 5) is 0. The predicted octanol–water partition coefficient (Wildman–Crippen LogP) is 3.13. The van der Waals surface area contributed by atoms with Crippen LogP contribution in [0.25, 0.3) is 0 Å². The third kappa shape index (κ3) is 2.87. The molecule has 3 heteroatoms. The van der Waals surface area contributed by atoms with Gasteiger partial charge < -0.3 is 5.73 Å². The molecule has 1 rings (SSSR count). The lowest BCUT2D eigenvalue weighted by Crippen LogP contribution is -2.13. The average Bonchev–Trinajstić information content (AvgIpc) is 2.11. The lowest BCUT2D eigenvalue weighted by Gasteiger charge is -2.11. The van der Waals surface area contributed by atoms with Crippen molar-refractivity contribution < 1.29 is 0 Å². The van der Waals surface area contributed by atoms with E-state index in [1.807, 2.05) is 18.2 Å². The van der Waals surface area contributed by atoms with Crippen LogP contribution in [0.3, 0.4) is 0 Å². The molecular formula is C10H13Cl2N. The highest BCUT2D eigenvalue weighted by molar-refractivity contribution is 6.35. The maximum atomic E-state index is 6.01. The van der Waals surface area contributed by atoms with Crippen molar-refractivity contribution in [1.82, 2.24) is 0 Å². The van der Waals surface area contributed by atoms with E-state index >= 15 is 0 Å². The lowest BCUT2D eigenvalue weighted by molar-refractivity contribution is 0.593. The SMILES string of the molecule is C[C@H](CN)Cc1c(Cl)cccc1Cl. The molecule has 0 fully saturated rings. The van der Waals surface area contributed by atoms with Crippen LogP contribution < -0.4 is 5.73 Å². The van der Waals surface area contributed by atoms with Crippen LogP contribution in [0.15, 0.2) is 18.2 Å². The van der Waals surface area contributed by atoms with E-state index in [-0.39, 0.29) is 0 Å². The highest BCUT2D eigenvalue weighted by Crippen LogP contribution is 2.26. The molecule has 1 nitrogen and oxygen atoms in total. The molecule has 0 spiro atoms. The first kappa shape index (κ1) is 10.8. The third-order valence-electron chi connectivity index (χ3n) is 2.02. The van der Waals surface area contributed by atoms with Crippen molar-refractivity contribution >= 4 is 23.2 Å². The summed E-state index contributed by atoms with van der Waals surface area (Å²) >= 11 is 12.0. The molecule has 0 heterocycles. The fraction of sp³-hybridized carbons (Fsp3) is 0.400. The number of nitrogens with two attached hydrogens (primary N) is 1. The first-order valence-electron chi connectivity index (χ1n) is 4.28. The smallest absolute Gasteiger partial charge is 0.0452 e. The second-order valence-corrected chi connectivity index (χ2v) is 4.06. The van der Waals surface area contributed by atoms with Crippen molar-refractivity contribution in [3.8, 4) is 0 Å². The molecular weight excluding hydrogens is 205 g/mol. The Balaban J connectivity index is 2.87. The van der Waals surface area contributed by atoms with Crippen LogP contribution in [-0.2, 0) is 6.42 Å². The molecule has 1 atom stereocenters. The van der Waals surface area contributed by atoms with Crippen molar-refractivity contribution in [3.63, 3.8) is 0 Å². The highest BCUT2D eigenvalue weighted by Gasteiger charge is 2.08. The van der Waals surface area contributed by atoms with Gasteiger partial charge in [-0.15, -0.1) is 0 Å². The fourth-order valence-electron chi connectivity index (χ4n) is 1.16. The Morgan fingerprint density at radius 3 is 2.31 bits per heavy atom. The molecule has 13 heavy (non-hydrogen) atoms. The molecule has 72 valence electrons. The summed E-state index contributed by atoms with van der Waals surface area (Å²) in [7, 11) is 0. The van der Waals surface area contributed by atoms with Gasteiger partial charge in [-0.05, 0) is 36.6 Å². The molecule has 0 radical (unpaired) electrons. The van der Waals surface area contributed by atoms with Crippen LogP contribution in [0.1, 0.15) is 12.5 Å². The van der Waals surface area contributed by atoms with Crippen molar-refractivity contribution in [2.75, 3.05) is 6.54 Å². The first-order chi connectivity index (χ1) is 6.15. The molecule has 2 N–H and O–H groups in total. The van der Waals surface area contributed by atoms with Gasteiger partial charge in [-0.3, -0.25) is 0 Å². The zero-order valence-corrected chi connectivity index (χ0v) is 9.07. The van der Waals surface area contributed by atoms with Crippen molar-refractivity contribution in [2.24, 2.45) is 11.7 Å². The Morgan fingerprint density at radius 2 is 1.85 bits per heavy atom. The molecule has 0 aliphatic heterocycles. The minimum Gasteiger partial charge on any atom is -0.330 e. The normalized spacial score (nSPS) is 12.9. The molecule has 0 unspecified atom stereocenters. The monoisotopic (exact) mass is 217 g/mol. The fourth-order valence-corrected chi connectivity index (χ4v) is 1.71. The number of rotatable bonds is 3. The van der Waals surface area contributed by atoms with Gasteiger partial charge in [0.1, 0.15) is 0 Å². The minimum absolute atomic E-state index is 0.414. The van der Waals surface area contributed by atoms with Crippen LogP contribution in [0.5, 0.6) is 0 Å². The second kappa shape index (κ2) is 4.85. The number of hydrogen-bond acceptors (Lipinski definition) is 1. The Bertz CT molecular complexity index is 266. The van der Waals surface area contributed by atoms with Crippen molar-refractivity contribution in [1.29, 1.82) is 0 Å².